The van der Waals surface area contributed by atoms with Gasteiger partial charge in [0.1, 0.15) is 0 Å². The number of carbonyl (C=O) groups is 1. The Kier molecular flexibility index (Phi) is 7.17. The molecule has 1 aromatic heterocycles. The zero-order valence-corrected chi connectivity index (χ0v) is 19.5. The van der Waals surface area contributed by atoms with Crippen LogP contribution in [0, 0.1) is 12.8 Å². The van der Waals surface area contributed by atoms with E-state index < -0.39 is 0 Å². The average Bonchev–Trinajstić information content (AvgIpc) is 3.20. The summed E-state index contributed by atoms with van der Waals surface area (Å²) in [5, 5.41) is 12.8. The van der Waals surface area contributed by atoms with Gasteiger partial charge in [0.25, 0.3) is 0 Å². The minimum absolute atomic E-state index is 0.0788. The molecule has 168 valence electrons. The Bertz CT molecular complexity index is 879. The Hall–Kier alpha value is -2.06. The molecule has 3 atom stereocenters. The zero-order valence-electron chi connectivity index (χ0n) is 18.7. The molecule has 0 radical (unpaired) electrons. The fourth-order valence-electron chi connectivity index (χ4n) is 4.27. The number of aryl methyl sites for hydroxylation is 1. The summed E-state index contributed by atoms with van der Waals surface area (Å²) in [4.78, 5) is 15.1. The molecule has 31 heavy (non-hydrogen) atoms. The highest BCUT2D eigenvalue weighted by molar-refractivity contribution is 8.00. The number of ether oxygens (including phenoxy) is 1. The Labute approximate surface area is 188 Å². The van der Waals surface area contributed by atoms with Crippen LogP contribution in [0.1, 0.15) is 45.1 Å². The third-order valence-electron chi connectivity index (χ3n) is 6.29. The SMILES string of the molecule is Cc1ccc(-n2c(SC(C)C(=O)NC3CCCCC3C)nnc2N2CCOCC2)cc1. The Morgan fingerprint density at radius 1 is 1.16 bits per heavy atom. The summed E-state index contributed by atoms with van der Waals surface area (Å²) in [7, 11) is 0. The van der Waals surface area contributed by atoms with Gasteiger partial charge in [-0.1, -0.05) is 49.2 Å². The van der Waals surface area contributed by atoms with Crippen LogP contribution < -0.4 is 10.2 Å². The van der Waals surface area contributed by atoms with Crippen molar-refractivity contribution < 1.29 is 9.53 Å². The van der Waals surface area contributed by atoms with Gasteiger partial charge < -0.3 is 15.0 Å². The molecular formula is C23H33N5O2S. The molecule has 0 spiro atoms. The fourth-order valence-corrected chi connectivity index (χ4v) is 5.14. The number of aromatic nitrogens is 3. The van der Waals surface area contributed by atoms with Gasteiger partial charge >= 0.3 is 0 Å². The van der Waals surface area contributed by atoms with Gasteiger partial charge in [-0.2, -0.15) is 0 Å². The molecule has 1 aliphatic heterocycles. The second kappa shape index (κ2) is 10.0. The van der Waals surface area contributed by atoms with E-state index in [1.54, 1.807) is 0 Å². The van der Waals surface area contributed by atoms with Crippen LogP contribution in [0.4, 0.5) is 5.95 Å². The molecule has 1 amide bonds. The van der Waals surface area contributed by atoms with E-state index in [4.69, 9.17) is 4.74 Å². The van der Waals surface area contributed by atoms with Crippen LogP contribution in [0.3, 0.4) is 0 Å². The first-order chi connectivity index (χ1) is 15.0. The number of hydrogen-bond donors (Lipinski definition) is 1. The molecular weight excluding hydrogens is 410 g/mol. The largest absolute Gasteiger partial charge is 0.378 e. The van der Waals surface area contributed by atoms with Gasteiger partial charge in [0.2, 0.25) is 11.9 Å². The van der Waals surface area contributed by atoms with Crippen molar-refractivity contribution in [2.45, 2.75) is 62.9 Å². The fraction of sp³-hybridized carbons (Fsp3) is 0.609. The summed E-state index contributed by atoms with van der Waals surface area (Å²) in [5.74, 6) is 1.43. The summed E-state index contributed by atoms with van der Waals surface area (Å²) >= 11 is 1.47. The maximum Gasteiger partial charge on any atom is 0.233 e. The average molecular weight is 444 g/mol. The minimum atomic E-state index is -0.250. The molecule has 3 unspecified atom stereocenters. The van der Waals surface area contributed by atoms with Crippen LogP contribution in [0.25, 0.3) is 5.69 Å². The predicted molar refractivity (Wildman–Crippen MR) is 124 cm³/mol. The van der Waals surface area contributed by atoms with E-state index in [-0.39, 0.29) is 17.2 Å². The molecule has 0 bridgehead atoms. The molecule has 1 aliphatic carbocycles. The monoisotopic (exact) mass is 443 g/mol. The summed E-state index contributed by atoms with van der Waals surface area (Å²) in [5.41, 5.74) is 2.21. The van der Waals surface area contributed by atoms with E-state index in [0.717, 1.165) is 36.3 Å². The second-order valence-electron chi connectivity index (χ2n) is 8.69. The standard InChI is InChI=1S/C23H33N5O2S/c1-16-8-10-19(11-9-16)28-22(27-12-14-30-15-13-27)25-26-23(28)31-18(3)21(29)24-20-7-5-4-6-17(20)2/h8-11,17-18,20H,4-7,12-15H2,1-3H3,(H,24,29). The normalized spacial score (nSPS) is 22.9. The van der Waals surface area contributed by atoms with E-state index in [1.807, 2.05) is 6.92 Å². The maximum absolute atomic E-state index is 12.9. The van der Waals surface area contributed by atoms with Crippen molar-refractivity contribution >= 4 is 23.6 Å². The summed E-state index contributed by atoms with van der Waals surface area (Å²) in [6.45, 7) is 9.20. The van der Waals surface area contributed by atoms with Gasteiger partial charge in [-0.3, -0.25) is 9.36 Å². The van der Waals surface area contributed by atoms with Crippen molar-refractivity contribution in [3.05, 3.63) is 29.8 Å². The number of nitrogens with one attached hydrogen (secondary N) is 1. The van der Waals surface area contributed by atoms with E-state index >= 15 is 0 Å². The lowest BCUT2D eigenvalue weighted by Crippen LogP contribution is -2.44. The van der Waals surface area contributed by atoms with Gasteiger partial charge in [-0.25, -0.2) is 0 Å². The molecule has 4 rings (SSSR count). The van der Waals surface area contributed by atoms with Crippen molar-refractivity contribution in [3.63, 3.8) is 0 Å². The number of nitrogens with zero attached hydrogens (tertiary/aromatic N) is 4. The quantitative estimate of drug-likeness (QED) is 0.688. The number of benzene rings is 1. The van der Waals surface area contributed by atoms with E-state index in [1.165, 1.54) is 36.6 Å². The van der Waals surface area contributed by atoms with Crippen molar-refractivity contribution in [1.29, 1.82) is 0 Å². The Morgan fingerprint density at radius 3 is 2.58 bits per heavy atom. The topological polar surface area (TPSA) is 72.3 Å². The lowest BCUT2D eigenvalue weighted by molar-refractivity contribution is -0.121. The molecule has 2 aromatic rings. The maximum atomic E-state index is 12.9. The Balaban J connectivity index is 1.54. The Morgan fingerprint density at radius 2 is 1.87 bits per heavy atom. The number of amides is 1. The summed E-state index contributed by atoms with van der Waals surface area (Å²) in [6.07, 6.45) is 4.73. The molecule has 2 heterocycles. The lowest BCUT2D eigenvalue weighted by atomic mass is 9.86. The zero-order chi connectivity index (χ0) is 21.8. The van der Waals surface area contributed by atoms with Crippen molar-refractivity contribution in [2.24, 2.45) is 5.92 Å². The summed E-state index contributed by atoms with van der Waals surface area (Å²) in [6, 6.07) is 8.63. The van der Waals surface area contributed by atoms with E-state index in [9.17, 15) is 4.79 Å². The first kappa shape index (κ1) is 22.1. The van der Waals surface area contributed by atoms with Gasteiger partial charge in [-0.05, 0) is 44.7 Å². The summed E-state index contributed by atoms with van der Waals surface area (Å²) < 4.78 is 7.58. The second-order valence-corrected chi connectivity index (χ2v) is 10.00. The third kappa shape index (κ3) is 5.23. The number of carbonyl (C=O) groups excluding carboxylic acids is 1. The van der Waals surface area contributed by atoms with Crippen LogP contribution in [0.15, 0.2) is 29.4 Å². The van der Waals surface area contributed by atoms with Crippen molar-refractivity contribution in [1.82, 2.24) is 20.1 Å². The molecule has 7 nitrogen and oxygen atoms in total. The van der Waals surface area contributed by atoms with Crippen molar-refractivity contribution in [3.8, 4) is 5.69 Å². The predicted octanol–water partition coefficient (Wildman–Crippen LogP) is 3.59. The van der Waals surface area contributed by atoms with Crippen LogP contribution in [-0.4, -0.2) is 58.3 Å². The third-order valence-corrected chi connectivity index (χ3v) is 7.34. The molecule has 2 aliphatic rings. The highest BCUT2D eigenvalue weighted by Crippen LogP contribution is 2.30. The molecule has 1 aromatic carbocycles. The first-order valence-electron chi connectivity index (χ1n) is 11.3. The van der Waals surface area contributed by atoms with Crippen LogP contribution >= 0.6 is 11.8 Å². The van der Waals surface area contributed by atoms with Crippen LogP contribution in [0.5, 0.6) is 0 Å². The van der Waals surface area contributed by atoms with Crippen LogP contribution in [0.2, 0.25) is 0 Å². The molecule has 1 saturated carbocycles. The van der Waals surface area contributed by atoms with Crippen molar-refractivity contribution in [2.75, 3.05) is 31.2 Å². The number of thioether (sulfide) groups is 1. The van der Waals surface area contributed by atoms with Gasteiger partial charge in [0.15, 0.2) is 5.16 Å². The number of anilines is 1. The number of hydrogen-bond acceptors (Lipinski definition) is 6. The van der Waals surface area contributed by atoms with Gasteiger partial charge in [0.05, 0.1) is 24.2 Å². The highest BCUT2D eigenvalue weighted by Gasteiger charge is 2.28. The van der Waals surface area contributed by atoms with Gasteiger partial charge in [-0.15, -0.1) is 10.2 Å². The lowest BCUT2D eigenvalue weighted by Gasteiger charge is -2.30. The first-order valence-corrected chi connectivity index (χ1v) is 12.2. The molecule has 8 heteroatoms. The molecule has 1 N–H and O–H groups in total. The minimum Gasteiger partial charge on any atom is -0.378 e. The smallest absolute Gasteiger partial charge is 0.233 e. The van der Waals surface area contributed by atoms with Crippen LogP contribution in [-0.2, 0) is 9.53 Å². The van der Waals surface area contributed by atoms with E-state index in [2.05, 4.69) is 63.1 Å². The highest BCUT2D eigenvalue weighted by atomic mass is 32.2. The molecule has 1 saturated heterocycles. The number of rotatable bonds is 6. The van der Waals surface area contributed by atoms with E-state index in [0.29, 0.717) is 19.1 Å². The van der Waals surface area contributed by atoms with Gasteiger partial charge in [0, 0.05) is 19.1 Å². The molecule has 2 fully saturated rings. The number of morpholine rings is 1.